The number of halogens is 1. The van der Waals surface area contributed by atoms with Crippen LogP contribution in [0.4, 0.5) is 0 Å². The summed E-state index contributed by atoms with van der Waals surface area (Å²) in [5.41, 5.74) is 2.11. The van der Waals surface area contributed by atoms with Crippen LogP contribution in [0.25, 0.3) is 11.0 Å². The van der Waals surface area contributed by atoms with Crippen molar-refractivity contribution in [1.29, 1.82) is 0 Å². The Morgan fingerprint density at radius 3 is 2.84 bits per heavy atom. The van der Waals surface area contributed by atoms with Crippen LogP contribution in [0.3, 0.4) is 0 Å². The molecule has 4 heteroatoms. The highest BCUT2D eigenvalue weighted by molar-refractivity contribution is 6.34. The number of aliphatic hydroxyl groups excluding tert-OH is 1. The predicted octanol–water partition coefficient (Wildman–Crippen LogP) is 3.87. The van der Waals surface area contributed by atoms with Crippen LogP contribution in [-0.4, -0.2) is 10.1 Å². The molecule has 1 atom stereocenters. The highest BCUT2D eigenvalue weighted by Gasteiger charge is 2.18. The first-order valence-corrected chi connectivity index (χ1v) is 6.32. The van der Waals surface area contributed by atoms with Gasteiger partial charge in [0.25, 0.3) is 0 Å². The largest absolute Gasteiger partial charge is 0.456 e. The van der Waals surface area contributed by atoms with Gasteiger partial charge in [0.15, 0.2) is 5.58 Å². The molecule has 3 aromatic rings. The minimum atomic E-state index is -0.836. The number of furan rings is 1. The molecular weight excluding hydrogens is 262 g/mol. The molecule has 1 N–H and O–H groups in total. The van der Waals surface area contributed by atoms with E-state index in [1.807, 2.05) is 25.1 Å². The van der Waals surface area contributed by atoms with E-state index in [9.17, 15) is 5.11 Å². The summed E-state index contributed by atoms with van der Waals surface area (Å²) in [4.78, 5) is 4.17. The molecule has 96 valence electrons. The van der Waals surface area contributed by atoms with Crippen molar-refractivity contribution in [3.63, 3.8) is 0 Å². The van der Waals surface area contributed by atoms with E-state index < -0.39 is 6.10 Å². The summed E-state index contributed by atoms with van der Waals surface area (Å²) in [6.07, 6.45) is 0.860. The van der Waals surface area contributed by atoms with Crippen molar-refractivity contribution in [2.24, 2.45) is 0 Å². The third kappa shape index (κ3) is 2.11. The maximum Gasteiger partial charge on any atom is 0.153 e. The second kappa shape index (κ2) is 4.68. The average molecular weight is 274 g/mol. The molecule has 1 aromatic carbocycles. The first-order chi connectivity index (χ1) is 9.16. The third-order valence-electron chi connectivity index (χ3n) is 3.13. The molecule has 0 amide bonds. The fourth-order valence-electron chi connectivity index (χ4n) is 2.12. The fourth-order valence-corrected chi connectivity index (χ4v) is 2.34. The third-order valence-corrected chi connectivity index (χ3v) is 3.42. The average Bonchev–Trinajstić information content (AvgIpc) is 2.84. The van der Waals surface area contributed by atoms with Gasteiger partial charge in [0.1, 0.15) is 11.9 Å². The highest BCUT2D eigenvalue weighted by atomic mass is 35.5. The Hall–Kier alpha value is -1.84. The zero-order valence-electron chi connectivity index (χ0n) is 10.3. The van der Waals surface area contributed by atoms with Gasteiger partial charge in [0, 0.05) is 22.8 Å². The van der Waals surface area contributed by atoms with Crippen LogP contribution >= 0.6 is 11.6 Å². The minimum Gasteiger partial charge on any atom is -0.456 e. The number of benzene rings is 1. The highest BCUT2D eigenvalue weighted by Crippen LogP contribution is 2.32. The van der Waals surface area contributed by atoms with Crippen molar-refractivity contribution in [3.05, 3.63) is 64.6 Å². The Labute approximate surface area is 115 Å². The molecule has 0 radical (unpaired) electrons. The van der Waals surface area contributed by atoms with Crippen LogP contribution in [0.2, 0.25) is 5.02 Å². The summed E-state index contributed by atoms with van der Waals surface area (Å²) < 4.78 is 5.66. The minimum absolute atomic E-state index is 0.471. The summed E-state index contributed by atoms with van der Waals surface area (Å²) in [7, 11) is 0. The van der Waals surface area contributed by atoms with E-state index in [0.717, 1.165) is 16.6 Å². The molecule has 3 nitrogen and oxygen atoms in total. The van der Waals surface area contributed by atoms with Crippen molar-refractivity contribution in [2.45, 2.75) is 13.0 Å². The Bertz CT molecular complexity index is 736. The van der Waals surface area contributed by atoms with Gasteiger partial charge < -0.3 is 9.52 Å². The van der Waals surface area contributed by atoms with Crippen molar-refractivity contribution in [3.8, 4) is 0 Å². The van der Waals surface area contributed by atoms with Crippen LogP contribution in [-0.2, 0) is 0 Å². The van der Waals surface area contributed by atoms with Crippen molar-refractivity contribution in [2.75, 3.05) is 0 Å². The Kier molecular flexibility index (Phi) is 3.01. The summed E-state index contributed by atoms with van der Waals surface area (Å²) in [5.74, 6) is 0.471. The van der Waals surface area contributed by atoms with Gasteiger partial charge in [-0.15, -0.1) is 0 Å². The van der Waals surface area contributed by atoms with Crippen molar-refractivity contribution < 1.29 is 9.52 Å². The van der Waals surface area contributed by atoms with Gasteiger partial charge in [0.05, 0.1) is 5.02 Å². The molecule has 0 aliphatic carbocycles. The normalized spacial score (nSPS) is 12.8. The summed E-state index contributed by atoms with van der Waals surface area (Å²) in [6.45, 7) is 1.86. The molecular formula is C15H12ClNO2. The SMILES string of the molecule is Cc1ncccc1C(O)c1cc2cccc(Cl)c2o1. The van der Waals surface area contributed by atoms with Crippen LogP contribution in [0.15, 0.2) is 47.0 Å². The summed E-state index contributed by atoms with van der Waals surface area (Å²) >= 11 is 6.06. The predicted molar refractivity (Wildman–Crippen MR) is 74.3 cm³/mol. The first kappa shape index (κ1) is 12.2. The topological polar surface area (TPSA) is 46.3 Å². The number of aromatic nitrogens is 1. The van der Waals surface area contributed by atoms with Crippen molar-refractivity contribution >= 4 is 22.6 Å². The van der Waals surface area contributed by atoms with Crippen molar-refractivity contribution in [1.82, 2.24) is 4.98 Å². The molecule has 3 rings (SSSR count). The van der Waals surface area contributed by atoms with Gasteiger partial charge in [-0.2, -0.15) is 0 Å². The smallest absolute Gasteiger partial charge is 0.153 e. The number of rotatable bonds is 2. The lowest BCUT2D eigenvalue weighted by Crippen LogP contribution is -2.01. The molecule has 0 bridgehead atoms. The van der Waals surface area contributed by atoms with E-state index in [1.165, 1.54) is 0 Å². The molecule has 0 aliphatic rings. The van der Waals surface area contributed by atoms with Crippen LogP contribution in [0.5, 0.6) is 0 Å². The van der Waals surface area contributed by atoms with E-state index in [4.69, 9.17) is 16.0 Å². The van der Waals surface area contributed by atoms with Crippen LogP contribution in [0, 0.1) is 6.92 Å². The summed E-state index contributed by atoms with van der Waals surface area (Å²) in [5, 5.41) is 11.8. The molecule has 2 aromatic heterocycles. The molecule has 1 unspecified atom stereocenters. The quantitative estimate of drug-likeness (QED) is 0.771. The van der Waals surface area contributed by atoms with Gasteiger partial charge >= 0.3 is 0 Å². The Balaban J connectivity index is 2.10. The number of fused-ring (bicyclic) bond motifs is 1. The number of hydrogen-bond donors (Lipinski definition) is 1. The zero-order chi connectivity index (χ0) is 13.4. The Morgan fingerprint density at radius 1 is 1.26 bits per heavy atom. The fraction of sp³-hybridized carbons (Fsp3) is 0.133. The molecule has 0 saturated heterocycles. The monoisotopic (exact) mass is 273 g/mol. The van der Waals surface area contributed by atoms with Crippen LogP contribution in [0.1, 0.15) is 23.1 Å². The van der Waals surface area contributed by atoms with E-state index >= 15 is 0 Å². The van der Waals surface area contributed by atoms with E-state index in [2.05, 4.69) is 4.98 Å². The lowest BCUT2D eigenvalue weighted by Gasteiger charge is -2.09. The van der Waals surface area contributed by atoms with Crippen LogP contribution < -0.4 is 0 Å². The number of pyridine rings is 1. The molecule has 0 fully saturated rings. The molecule has 0 aliphatic heterocycles. The number of nitrogens with zero attached hydrogens (tertiary/aromatic N) is 1. The number of aryl methyl sites for hydroxylation is 1. The second-order valence-electron chi connectivity index (χ2n) is 4.39. The van der Waals surface area contributed by atoms with Gasteiger partial charge in [0.2, 0.25) is 0 Å². The number of aliphatic hydroxyl groups is 1. The van der Waals surface area contributed by atoms with E-state index in [0.29, 0.717) is 16.4 Å². The molecule has 2 heterocycles. The lowest BCUT2D eigenvalue weighted by atomic mass is 10.1. The maximum absolute atomic E-state index is 10.4. The summed E-state index contributed by atoms with van der Waals surface area (Å²) in [6, 6.07) is 10.9. The Morgan fingerprint density at radius 2 is 2.11 bits per heavy atom. The molecule has 0 spiro atoms. The maximum atomic E-state index is 10.4. The van der Waals surface area contributed by atoms with Gasteiger partial charge in [-0.3, -0.25) is 4.98 Å². The number of hydrogen-bond acceptors (Lipinski definition) is 3. The van der Waals surface area contributed by atoms with E-state index in [-0.39, 0.29) is 0 Å². The standard InChI is InChI=1S/C15H12ClNO2/c1-9-11(5-3-7-17-9)14(18)13-8-10-4-2-6-12(16)15(10)19-13/h2-8,14,18H,1H3. The van der Waals surface area contributed by atoms with Gasteiger partial charge in [-0.1, -0.05) is 29.8 Å². The van der Waals surface area contributed by atoms with Gasteiger partial charge in [-0.25, -0.2) is 0 Å². The zero-order valence-corrected chi connectivity index (χ0v) is 11.1. The second-order valence-corrected chi connectivity index (χ2v) is 4.79. The van der Waals surface area contributed by atoms with E-state index in [1.54, 1.807) is 24.4 Å². The molecule has 19 heavy (non-hydrogen) atoms. The van der Waals surface area contributed by atoms with Gasteiger partial charge in [-0.05, 0) is 25.1 Å². The molecule has 0 saturated carbocycles. The first-order valence-electron chi connectivity index (χ1n) is 5.94. The lowest BCUT2D eigenvalue weighted by molar-refractivity contribution is 0.191. The number of para-hydroxylation sites is 1.